The van der Waals surface area contributed by atoms with E-state index in [2.05, 4.69) is 0 Å². The maximum absolute atomic E-state index is 12.7. The molecule has 0 N–H and O–H groups in total. The second-order valence-electron chi connectivity index (χ2n) is 5.84. The second-order valence-corrected chi connectivity index (χ2v) is 5.84. The minimum atomic E-state index is -0.709. The first-order valence-corrected chi connectivity index (χ1v) is 8.71. The molecule has 0 bridgehead atoms. The molecule has 2 aromatic carbocycles. The van der Waals surface area contributed by atoms with Crippen molar-refractivity contribution in [2.45, 2.75) is 6.92 Å². The molecule has 0 fully saturated rings. The predicted molar refractivity (Wildman–Crippen MR) is 107 cm³/mol. The highest BCUT2D eigenvalue weighted by molar-refractivity contribution is 6.04. The van der Waals surface area contributed by atoms with E-state index in [0.29, 0.717) is 27.7 Å². The van der Waals surface area contributed by atoms with Crippen LogP contribution in [-0.4, -0.2) is 12.6 Å². The van der Waals surface area contributed by atoms with Crippen LogP contribution in [0, 0.1) is 11.3 Å². The van der Waals surface area contributed by atoms with Crippen molar-refractivity contribution in [3.8, 4) is 6.07 Å². The summed E-state index contributed by atoms with van der Waals surface area (Å²) in [6, 6.07) is 17.9. The molecule has 3 rings (SSSR count). The van der Waals surface area contributed by atoms with Gasteiger partial charge in [-0.1, -0.05) is 48.5 Å². The fourth-order valence-corrected chi connectivity index (χ4v) is 2.74. The van der Waals surface area contributed by atoms with Gasteiger partial charge in [-0.05, 0) is 30.7 Å². The van der Waals surface area contributed by atoms with Gasteiger partial charge in [0.1, 0.15) is 23.5 Å². The number of hydrogen-bond donors (Lipinski definition) is 0. The highest BCUT2D eigenvalue weighted by Crippen LogP contribution is 2.22. The Morgan fingerprint density at radius 3 is 2.57 bits per heavy atom. The van der Waals surface area contributed by atoms with Crippen LogP contribution in [0.25, 0.3) is 22.6 Å². The van der Waals surface area contributed by atoms with Gasteiger partial charge in [-0.3, -0.25) is 4.79 Å². The largest absolute Gasteiger partial charge is 0.463 e. The molecule has 138 valence electrons. The summed E-state index contributed by atoms with van der Waals surface area (Å²) in [4.78, 5) is 24.9. The molecular weight excluding hydrogens is 354 g/mol. The molecule has 0 amide bonds. The van der Waals surface area contributed by atoms with Gasteiger partial charge in [0, 0.05) is 5.57 Å². The van der Waals surface area contributed by atoms with Crippen LogP contribution in [0.5, 0.6) is 0 Å². The van der Waals surface area contributed by atoms with E-state index in [9.17, 15) is 14.9 Å². The summed E-state index contributed by atoms with van der Waals surface area (Å²) in [5, 5.41) is 9.98. The van der Waals surface area contributed by atoms with E-state index in [0.717, 1.165) is 0 Å². The zero-order chi connectivity index (χ0) is 19.9. The molecule has 0 aliphatic heterocycles. The number of allylic oxidation sites excluding steroid dienone is 2. The monoisotopic (exact) mass is 371 g/mol. The van der Waals surface area contributed by atoms with Crippen molar-refractivity contribution in [2.75, 3.05) is 6.61 Å². The number of esters is 1. The minimum Gasteiger partial charge on any atom is -0.463 e. The molecule has 5 heteroatoms. The molecule has 0 saturated heterocycles. The Morgan fingerprint density at radius 2 is 1.86 bits per heavy atom. The molecule has 1 heterocycles. The number of rotatable bonds is 5. The molecule has 0 aliphatic rings. The van der Waals surface area contributed by atoms with Crippen LogP contribution in [0.4, 0.5) is 0 Å². The molecule has 28 heavy (non-hydrogen) atoms. The van der Waals surface area contributed by atoms with E-state index in [1.165, 1.54) is 12.3 Å². The molecule has 0 unspecified atom stereocenters. The molecule has 5 nitrogen and oxygen atoms in total. The number of hydrogen-bond acceptors (Lipinski definition) is 5. The lowest BCUT2D eigenvalue weighted by atomic mass is 9.99. The van der Waals surface area contributed by atoms with Crippen LogP contribution in [0.2, 0.25) is 0 Å². The van der Waals surface area contributed by atoms with Crippen molar-refractivity contribution in [1.82, 2.24) is 0 Å². The third-order valence-corrected chi connectivity index (χ3v) is 4.08. The maximum atomic E-state index is 12.7. The standard InChI is InChI=1S/C23H17NO4/c1-2-27-23(26)20(14-24)18(16-8-4-3-5-9-16)13-12-17-15-28-21-11-7-6-10-19(21)22(17)25/h3-13,15H,2H2,1H3/b13-12+,20-18-. The lowest BCUT2D eigenvalue weighted by molar-refractivity contribution is -0.137. The lowest BCUT2D eigenvalue weighted by Crippen LogP contribution is -2.08. The van der Waals surface area contributed by atoms with Gasteiger partial charge in [0.25, 0.3) is 0 Å². The summed E-state index contributed by atoms with van der Waals surface area (Å²) in [5.74, 6) is -0.709. The number of para-hydroxylation sites is 1. The van der Waals surface area contributed by atoms with Gasteiger partial charge in [-0.25, -0.2) is 4.79 Å². The smallest absolute Gasteiger partial charge is 0.349 e. The summed E-state index contributed by atoms with van der Waals surface area (Å²) >= 11 is 0. The van der Waals surface area contributed by atoms with Gasteiger partial charge in [-0.2, -0.15) is 5.26 Å². The SMILES string of the molecule is CCOC(=O)/C(C#N)=C(/C=C/c1coc2ccccc2c1=O)c1ccccc1. The third-order valence-electron chi connectivity index (χ3n) is 4.08. The molecule has 1 aromatic heterocycles. The van der Waals surface area contributed by atoms with Crippen LogP contribution < -0.4 is 5.43 Å². The van der Waals surface area contributed by atoms with Crippen LogP contribution in [0.1, 0.15) is 18.1 Å². The van der Waals surface area contributed by atoms with E-state index in [-0.39, 0.29) is 17.6 Å². The number of carbonyl (C=O) groups excluding carboxylic acids is 1. The molecule has 0 saturated carbocycles. The quantitative estimate of drug-likeness (QED) is 0.288. The average molecular weight is 371 g/mol. The van der Waals surface area contributed by atoms with Gasteiger partial charge >= 0.3 is 5.97 Å². The first-order valence-electron chi connectivity index (χ1n) is 8.71. The Kier molecular flexibility index (Phi) is 5.83. The van der Waals surface area contributed by atoms with Crippen molar-refractivity contribution in [1.29, 1.82) is 5.26 Å². The average Bonchev–Trinajstić information content (AvgIpc) is 2.73. The zero-order valence-electron chi connectivity index (χ0n) is 15.2. The number of fused-ring (bicyclic) bond motifs is 1. The van der Waals surface area contributed by atoms with Crippen molar-refractivity contribution in [3.05, 3.63) is 93.9 Å². The normalized spacial score (nSPS) is 11.9. The second kappa shape index (κ2) is 8.65. The first-order chi connectivity index (χ1) is 13.7. The van der Waals surface area contributed by atoms with Crippen molar-refractivity contribution < 1.29 is 13.9 Å². The summed E-state index contributed by atoms with van der Waals surface area (Å²) in [7, 11) is 0. The molecule has 0 spiro atoms. The lowest BCUT2D eigenvalue weighted by Gasteiger charge is -2.07. The Morgan fingerprint density at radius 1 is 1.14 bits per heavy atom. The van der Waals surface area contributed by atoms with Crippen LogP contribution in [-0.2, 0) is 9.53 Å². The third kappa shape index (κ3) is 3.92. The maximum Gasteiger partial charge on any atom is 0.349 e. The van der Waals surface area contributed by atoms with Crippen molar-refractivity contribution in [3.63, 3.8) is 0 Å². The van der Waals surface area contributed by atoms with Gasteiger partial charge in [0.15, 0.2) is 5.43 Å². The summed E-state index contributed by atoms with van der Waals surface area (Å²) < 4.78 is 10.5. The van der Waals surface area contributed by atoms with E-state index >= 15 is 0 Å². The van der Waals surface area contributed by atoms with Gasteiger partial charge in [0.2, 0.25) is 0 Å². The molecule has 3 aromatic rings. The van der Waals surface area contributed by atoms with Gasteiger partial charge in [0.05, 0.1) is 17.6 Å². The fraction of sp³-hybridized carbons (Fsp3) is 0.0870. The van der Waals surface area contributed by atoms with Crippen LogP contribution in [0.3, 0.4) is 0 Å². The van der Waals surface area contributed by atoms with E-state index in [1.807, 2.05) is 12.1 Å². The molecule has 0 radical (unpaired) electrons. The Hall–Kier alpha value is -3.91. The Labute approximate surface area is 161 Å². The summed E-state index contributed by atoms with van der Waals surface area (Å²) in [6.45, 7) is 1.83. The van der Waals surface area contributed by atoms with Crippen molar-refractivity contribution in [2.24, 2.45) is 0 Å². The van der Waals surface area contributed by atoms with Crippen molar-refractivity contribution >= 4 is 28.6 Å². The number of nitriles is 1. The molecular formula is C23H17NO4. The van der Waals surface area contributed by atoms with Crippen LogP contribution >= 0.6 is 0 Å². The Bertz CT molecular complexity index is 1160. The first kappa shape index (κ1) is 18.9. The number of ether oxygens (including phenoxy) is 1. The predicted octanol–water partition coefficient (Wildman–Crippen LogP) is 4.35. The summed E-state index contributed by atoms with van der Waals surface area (Å²) in [5.41, 5.74) is 1.51. The van der Waals surface area contributed by atoms with E-state index < -0.39 is 5.97 Å². The number of benzene rings is 2. The van der Waals surface area contributed by atoms with Crippen LogP contribution in [0.15, 0.2) is 81.7 Å². The topological polar surface area (TPSA) is 80.3 Å². The zero-order valence-corrected chi connectivity index (χ0v) is 15.2. The summed E-state index contributed by atoms with van der Waals surface area (Å²) in [6.07, 6.45) is 4.46. The van der Waals surface area contributed by atoms with E-state index in [4.69, 9.17) is 9.15 Å². The highest BCUT2D eigenvalue weighted by Gasteiger charge is 2.16. The highest BCUT2D eigenvalue weighted by atomic mass is 16.5. The number of nitrogens with zero attached hydrogens (tertiary/aromatic N) is 1. The molecule has 0 atom stereocenters. The Balaban J connectivity index is 2.13. The number of carbonyl (C=O) groups is 1. The van der Waals surface area contributed by atoms with E-state index in [1.54, 1.807) is 61.5 Å². The van der Waals surface area contributed by atoms with Gasteiger partial charge < -0.3 is 9.15 Å². The fourth-order valence-electron chi connectivity index (χ4n) is 2.74. The van der Waals surface area contributed by atoms with Gasteiger partial charge in [-0.15, -0.1) is 0 Å². The molecule has 0 aliphatic carbocycles. The minimum absolute atomic E-state index is 0.130.